The maximum absolute atomic E-state index is 12.9. The van der Waals surface area contributed by atoms with Crippen LogP contribution in [0, 0.1) is 5.92 Å². The molecule has 1 aromatic carbocycles. The largest absolute Gasteiger partial charge is 0.416 e. The number of sulfone groups is 1. The monoisotopic (exact) mass is 280 g/mol. The van der Waals surface area contributed by atoms with Gasteiger partial charge >= 0.3 is 6.18 Å². The van der Waals surface area contributed by atoms with E-state index in [4.69, 9.17) is 0 Å². The third-order valence-corrected chi connectivity index (χ3v) is 3.55. The summed E-state index contributed by atoms with van der Waals surface area (Å²) in [4.78, 5) is -0.303. The molecule has 0 aromatic heterocycles. The van der Waals surface area contributed by atoms with Gasteiger partial charge in [0.1, 0.15) is 0 Å². The molecular formula is C12H15F3O2S. The Bertz CT molecular complexity index is 531. The molecule has 0 spiro atoms. The van der Waals surface area contributed by atoms with Crippen molar-refractivity contribution in [1.29, 1.82) is 0 Å². The zero-order valence-electron chi connectivity index (χ0n) is 10.4. The van der Waals surface area contributed by atoms with Gasteiger partial charge in [-0.05, 0) is 30.0 Å². The quantitative estimate of drug-likeness (QED) is 0.851. The number of hydrogen-bond acceptors (Lipinski definition) is 2. The van der Waals surface area contributed by atoms with Gasteiger partial charge in [-0.3, -0.25) is 0 Å². The molecule has 1 rings (SSSR count). The van der Waals surface area contributed by atoms with Crippen LogP contribution in [0.15, 0.2) is 23.1 Å². The molecule has 0 heterocycles. The fourth-order valence-corrected chi connectivity index (χ4v) is 2.32. The molecule has 0 fully saturated rings. The Morgan fingerprint density at radius 3 is 2.17 bits per heavy atom. The van der Waals surface area contributed by atoms with Gasteiger partial charge in [0.15, 0.2) is 9.84 Å². The molecule has 0 N–H and O–H groups in total. The van der Waals surface area contributed by atoms with E-state index in [0.717, 1.165) is 6.26 Å². The fraction of sp³-hybridized carbons (Fsp3) is 0.500. The Labute approximate surface area is 105 Å². The van der Waals surface area contributed by atoms with Gasteiger partial charge in [-0.25, -0.2) is 8.42 Å². The van der Waals surface area contributed by atoms with Crippen molar-refractivity contribution in [3.8, 4) is 0 Å². The number of hydrogen-bond donors (Lipinski definition) is 0. The first-order valence-corrected chi connectivity index (χ1v) is 7.31. The molecule has 0 unspecified atom stereocenters. The Morgan fingerprint density at radius 2 is 1.78 bits per heavy atom. The molecule has 0 aliphatic carbocycles. The molecule has 0 aliphatic heterocycles. The van der Waals surface area contributed by atoms with E-state index in [1.165, 1.54) is 12.1 Å². The van der Waals surface area contributed by atoms with E-state index in [-0.39, 0.29) is 22.8 Å². The predicted molar refractivity (Wildman–Crippen MR) is 63.1 cm³/mol. The summed E-state index contributed by atoms with van der Waals surface area (Å²) in [5.74, 6) is 0.0650. The highest BCUT2D eigenvalue weighted by Gasteiger charge is 2.34. The standard InChI is InChI=1S/C12H15F3O2S/c1-8(2)6-9-4-5-10(18(3,16)17)7-11(9)12(13,14)15/h4-5,7-8H,6H2,1-3H3. The SMILES string of the molecule is CC(C)Cc1ccc(S(C)(=O)=O)cc1C(F)(F)F. The second-order valence-corrected chi connectivity index (χ2v) is 6.70. The minimum absolute atomic E-state index is 0.0650. The smallest absolute Gasteiger partial charge is 0.224 e. The van der Waals surface area contributed by atoms with Gasteiger partial charge in [-0.1, -0.05) is 19.9 Å². The van der Waals surface area contributed by atoms with E-state index in [2.05, 4.69) is 0 Å². The van der Waals surface area contributed by atoms with Crippen molar-refractivity contribution in [2.75, 3.05) is 6.26 Å². The molecule has 0 amide bonds. The lowest BCUT2D eigenvalue weighted by molar-refractivity contribution is -0.138. The van der Waals surface area contributed by atoms with Gasteiger partial charge in [-0.2, -0.15) is 13.2 Å². The third kappa shape index (κ3) is 3.73. The maximum atomic E-state index is 12.9. The average molecular weight is 280 g/mol. The van der Waals surface area contributed by atoms with E-state index in [0.29, 0.717) is 6.07 Å². The molecule has 0 atom stereocenters. The van der Waals surface area contributed by atoms with Crippen LogP contribution in [0.4, 0.5) is 13.2 Å². The van der Waals surface area contributed by atoms with Crippen LogP contribution in [0.25, 0.3) is 0 Å². The Hall–Kier alpha value is -1.04. The highest BCUT2D eigenvalue weighted by atomic mass is 32.2. The highest BCUT2D eigenvalue weighted by Crippen LogP contribution is 2.34. The first-order chi connectivity index (χ1) is 8.01. The van der Waals surface area contributed by atoms with Crippen molar-refractivity contribution in [3.63, 3.8) is 0 Å². The van der Waals surface area contributed by atoms with Crippen molar-refractivity contribution in [2.24, 2.45) is 5.92 Å². The summed E-state index contributed by atoms with van der Waals surface area (Å²) in [6, 6.07) is 3.19. The molecule has 0 radical (unpaired) electrons. The number of halogens is 3. The zero-order valence-corrected chi connectivity index (χ0v) is 11.2. The van der Waals surface area contributed by atoms with Crippen LogP contribution in [0.1, 0.15) is 25.0 Å². The molecule has 102 valence electrons. The lowest BCUT2D eigenvalue weighted by Gasteiger charge is -2.15. The second-order valence-electron chi connectivity index (χ2n) is 4.69. The van der Waals surface area contributed by atoms with Crippen molar-refractivity contribution < 1.29 is 21.6 Å². The third-order valence-electron chi connectivity index (χ3n) is 2.44. The molecule has 0 saturated carbocycles. The van der Waals surface area contributed by atoms with Gasteiger partial charge < -0.3 is 0 Å². The number of alkyl halides is 3. The van der Waals surface area contributed by atoms with Gasteiger partial charge in [0.25, 0.3) is 0 Å². The number of rotatable bonds is 3. The lowest BCUT2D eigenvalue weighted by atomic mass is 9.98. The first-order valence-electron chi connectivity index (χ1n) is 5.42. The van der Waals surface area contributed by atoms with E-state index in [1.807, 2.05) is 13.8 Å². The molecule has 18 heavy (non-hydrogen) atoms. The minimum atomic E-state index is -4.54. The van der Waals surface area contributed by atoms with Crippen LogP contribution in [-0.4, -0.2) is 14.7 Å². The summed E-state index contributed by atoms with van der Waals surface area (Å²) < 4.78 is 61.2. The second kappa shape index (κ2) is 4.91. The summed E-state index contributed by atoms with van der Waals surface area (Å²) >= 11 is 0. The van der Waals surface area contributed by atoms with Crippen LogP contribution in [-0.2, 0) is 22.4 Å². The van der Waals surface area contributed by atoms with E-state index in [9.17, 15) is 21.6 Å². The summed E-state index contributed by atoms with van der Waals surface area (Å²) in [5.41, 5.74) is -0.732. The summed E-state index contributed by atoms with van der Waals surface area (Å²) in [6.45, 7) is 3.62. The lowest BCUT2D eigenvalue weighted by Crippen LogP contribution is -2.12. The first kappa shape index (κ1) is 15.0. The molecule has 2 nitrogen and oxygen atoms in total. The minimum Gasteiger partial charge on any atom is -0.224 e. The summed E-state index contributed by atoms with van der Waals surface area (Å²) in [7, 11) is -3.63. The molecule has 0 aliphatic rings. The highest BCUT2D eigenvalue weighted by molar-refractivity contribution is 7.90. The van der Waals surface area contributed by atoms with Gasteiger partial charge in [-0.15, -0.1) is 0 Å². The van der Waals surface area contributed by atoms with E-state index in [1.54, 1.807) is 0 Å². The van der Waals surface area contributed by atoms with Crippen LogP contribution in [0.5, 0.6) is 0 Å². The van der Waals surface area contributed by atoms with Gasteiger partial charge in [0.2, 0.25) is 0 Å². The van der Waals surface area contributed by atoms with Crippen molar-refractivity contribution in [2.45, 2.75) is 31.3 Å². The summed E-state index contributed by atoms with van der Waals surface area (Å²) in [5, 5.41) is 0. The van der Waals surface area contributed by atoms with Crippen LogP contribution >= 0.6 is 0 Å². The van der Waals surface area contributed by atoms with Crippen molar-refractivity contribution in [1.82, 2.24) is 0 Å². The van der Waals surface area contributed by atoms with Gasteiger partial charge in [0, 0.05) is 6.26 Å². The van der Waals surface area contributed by atoms with E-state index >= 15 is 0 Å². The Morgan fingerprint density at radius 1 is 1.22 bits per heavy atom. The van der Waals surface area contributed by atoms with Gasteiger partial charge in [0.05, 0.1) is 10.5 Å². The molecule has 1 aromatic rings. The van der Waals surface area contributed by atoms with Crippen molar-refractivity contribution >= 4 is 9.84 Å². The predicted octanol–water partition coefficient (Wildman–Crippen LogP) is 3.31. The normalized spacial score (nSPS) is 13.1. The Kier molecular flexibility index (Phi) is 4.10. The summed E-state index contributed by atoms with van der Waals surface area (Å²) in [6.07, 6.45) is -3.38. The molecule has 6 heteroatoms. The van der Waals surface area contributed by atoms with Crippen LogP contribution in [0.3, 0.4) is 0 Å². The zero-order chi connectivity index (χ0) is 14.1. The Balaban J connectivity index is 3.39. The van der Waals surface area contributed by atoms with Crippen LogP contribution < -0.4 is 0 Å². The van der Waals surface area contributed by atoms with Crippen molar-refractivity contribution in [3.05, 3.63) is 29.3 Å². The molecule has 0 saturated heterocycles. The number of benzene rings is 1. The molecular weight excluding hydrogens is 265 g/mol. The van der Waals surface area contributed by atoms with E-state index < -0.39 is 21.6 Å². The topological polar surface area (TPSA) is 34.1 Å². The van der Waals surface area contributed by atoms with Crippen LogP contribution in [0.2, 0.25) is 0 Å². The molecule has 0 bridgehead atoms. The maximum Gasteiger partial charge on any atom is 0.416 e. The fourth-order valence-electron chi connectivity index (χ4n) is 1.67. The average Bonchev–Trinajstić information content (AvgIpc) is 2.13.